The number of aliphatic imine (C=N–C) groups is 1. The summed E-state index contributed by atoms with van der Waals surface area (Å²) in [5.74, 6) is 0.581. The Morgan fingerprint density at radius 2 is 1.83 bits per heavy atom. The zero-order valence-electron chi connectivity index (χ0n) is 17.4. The molecule has 1 fully saturated rings. The summed E-state index contributed by atoms with van der Waals surface area (Å²) in [6.07, 6.45) is 0. The monoisotopic (exact) mass is 525 g/mol. The quantitative estimate of drug-likeness (QED) is 0.355. The molecule has 1 heterocycles. The van der Waals surface area contributed by atoms with E-state index in [-0.39, 0.29) is 35.7 Å². The highest BCUT2D eigenvalue weighted by Gasteiger charge is 2.21. The Bertz CT molecular complexity index is 868. The number of carbonyl (C=O) groups excluding carboxylic acids is 1. The first-order chi connectivity index (χ1) is 14.1. The van der Waals surface area contributed by atoms with Crippen LogP contribution in [0.5, 0.6) is 0 Å². The maximum absolute atomic E-state index is 14.1. The highest BCUT2D eigenvalue weighted by molar-refractivity contribution is 14.0. The van der Waals surface area contributed by atoms with Crippen molar-refractivity contribution in [3.05, 3.63) is 59.9 Å². The Morgan fingerprint density at radius 3 is 2.50 bits per heavy atom. The van der Waals surface area contributed by atoms with Gasteiger partial charge in [-0.2, -0.15) is 0 Å². The van der Waals surface area contributed by atoms with E-state index in [1.807, 2.05) is 43.3 Å². The number of nitrogens with one attached hydrogen (secondary N) is 2. The lowest BCUT2D eigenvalue weighted by molar-refractivity contribution is -0.114. The minimum Gasteiger partial charge on any atom is -0.366 e. The number of para-hydroxylation sites is 1. The Balaban J connectivity index is 0.00000320. The molecular weight excluding hydrogens is 496 g/mol. The van der Waals surface area contributed by atoms with E-state index >= 15 is 0 Å². The van der Waals surface area contributed by atoms with Crippen LogP contribution in [-0.4, -0.2) is 49.5 Å². The van der Waals surface area contributed by atoms with Crippen LogP contribution in [0.4, 0.5) is 15.8 Å². The molecule has 0 spiro atoms. The number of rotatable bonds is 5. The second kappa shape index (κ2) is 11.7. The summed E-state index contributed by atoms with van der Waals surface area (Å²) in [5.41, 5.74) is 2.45. The first-order valence-corrected chi connectivity index (χ1v) is 9.96. The topological polar surface area (TPSA) is 60.0 Å². The Morgan fingerprint density at radius 1 is 1.10 bits per heavy atom. The SMILES string of the molecule is CCNC(=NCc1cccc(NC(C)=O)c1)N1CCN(c2ccccc2F)CC1.I. The predicted molar refractivity (Wildman–Crippen MR) is 131 cm³/mol. The normalized spacial score (nSPS) is 14.2. The molecule has 1 saturated heterocycles. The average molecular weight is 525 g/mol. The van der Waals surface area contributed by atoms with Crippen molar-refractivity contribution in [2.75, 3.05) is 42.9 Å². The van der Waals surface area contributed by atoms with E-state index in [2.05, 4.69) is 20.4 Å². The molecule has 2 N–H and O–H groups in total. The van der Waals surface area contributed by atoms with Crippen molar-refractivity contribution < 1.29 is 9.18 Å². The van der Waals surface area contributed by atoms with Gasteiger partial charge in [0.25, 0.3) is 0 Å². The molecule has 2 aromatic rings. The summed E-state index contributed by atoms with van der Waals surface area (Å²) in [7, 11) is 0. The van der Waals surface area contributed by atoms with Crippen LogP contribution < -0.4 is 15.5 Å². The van der Waals surface area contributed by atoms with E-state index in [1.54, 1.807) is 6.07 Å². The number of anilines is 2. The molecule has 1 amide bonds. The Hall–Kier alpha value is -2.36. The number of amides is 1. The molecule has 8 heteroatoms. The van der Waals surface area contributed by atoms with Crippen LogP contribution in [0.3, 0.4) is 0 Å². The molecule has 0 aliphatic carbocycles. The lowest BCUT2D eigenvalue weighted by Gasteiger charge is -2.37. The fourth-order valence-electron chi connectivity index (χ4n) is 3.41. The molecular formula is C22H29FIN5O. The molecule has 1 aliphatic heterocycles. The number of guanidine groups is 1. The zero-order valence-corrected chi connectivity index (χ0v) is 19.7. The summed E-state index contributed by atoms with van der Waals surface area (Å²) >= 11 is 0. The van der Waals surface area contributed by atoms with Crippen molar-refractivity contribution in [2.24, 2.45) is 4.99 Å². The van der Waals surface area contributed by atoms with Crippen molar-refractivity contribution in [1.82, 2.24) is 10.2 Å². The summed E-state index contributed by atoms with van der Waals surface area (Å²) in [5, 5.41) is 6.15. The van der Waals surface area contributed by atoms with Gasteiger partial charge in [0.05, 0.1) is 12.2 Å². The van der Waals surface area contributed by atoms with Crippen molar-refractivity contribution in [3.63, 3.8) is 0 Å². The van der Waals surface area contributed by atoms with Gasteiger partial charge in [-0.25, -0.2) is 9.38 Å². The van der Waals surface area contributed by atoms with E-state index in [9.17, 15) is 9.18 Å². The molecule has 0 atom stereocenters. The number of benzene rings is 2. The summed E-state index contributed by atoms with van der Waals surface area (Å²) in [6, 6.07) is 14.6. The molecule has 162 valence electrons. The lowest BCUT2D eigenvalue weighted by atomic mass is 10.2. The number of halogens is 2. The minimum absolute atomic E-state index is 0. The van der Waals surface area contributed by atoms with Crippen LogP contribution in [0, 0.1) is 5.82 Å². The molecule has 30 heavy (non-hydrogen) atoms. The molecule has 0 unspecified atom stereocenters. The van der Waals surface area contributed by atoms with Gasteiger partial charge in [-0.15, -0.1) is 24.0 Å². The van der Waals surface area contributed by atoms with Crippen LogP contribution >= 0.6 is 24.0 Å². The van der Waals surface area contributed by atoms with E-state index < -0.39 is 0 Å². The molecule has 2 aromatic carbocycles. The zero-order chi connectivity index (χ0) is 20.6. The van der Waals surface area contributed by atoms with Crippen LogP contribution in [-0.2, 0) is 11.3 Å². The van der Waals surface area contributed by atoms with Gasteiger partial charge in [-0.1, -0.05) is 24.3 Å². The van der Waals surface area contributed by atoms with Crippen molar-refractivity contribution in [3.8, 4) is 0 Å². The van der Waals surface area contributed by atoms with E-state index in [4.69, 9.17) is 4.99 Å². The van der Waals surface area contributed by atoms with Gasteiger partial charge < -0.3 is 20.4 Å². The van der Waals surface area contributed by atoms with Crippen LogP contribution in [0.25, 0.3) is 0 Å². The number of carbonyl (C=O) groups is 1. The summed E-state index contributed by atoms with van der Waals surface area (Å²) < 4.78 is 14.1. The number of hydrogen-bond donors (Lipinski definition) is 2. The molecule has 0 saturated carbocycles. The van der Waals surface area contributed by atoms with Crippen LogP contribution in [0.2, 0.25) is 0 Å². The van der Waals surface area contributed by atoms with Gasteiger partial charge in [0.15, 0.2) is 5.96 Å². The standard InChI is InChI=1S/C22H28FN5O.HI/c1-3-24-22(25-16-18-7-6-8-19(15-18)26-17(2)29)28-13-11-27(12-14-28)21-10-5-4-9-20(21)23;/h4-10,15H,3,11-14,16H2,1-2H3,(H,24,25)(H,26,29);1H. The second-order valence-electron chi connectivity index (χ2n) is 6.98. The van der Waals surface area contributed by atoms with E-state index in [0.717, 1.165) is 49.9 Å². The predicted octanol–water partition coefficient (Wildman–Crippen LogP) is 3.69. The molecule has 0 radical (unpaired) electrons. The number of piperazine rings is 1. The van der Waals surface area contributed by atoms with Crippen LogP contribution in [0.1, 0.15) is 19.4 Å². The fraction of sp³-hybridized carbons (Fsp3) is 0.364. The van der Waals surface area contributed by atoms with E-state index in [0.29, 0.717) is 12.2 Å². The molecule has 1 aliphatic rings. The van der Waals surface area contributed by atoms with Gasteiger partial charge >= 0.3 is 0 Å². The first-order valence-electron chi connectivity index (χ1n) is 9.96. The lowest BCUT2D eigenvalue weighted by Crippen LogP contribution is -2.52. The number of hydrogen-bond acceptors (Lipinski definition) is 3. The summed E-state index contributed by atoms with van der Waals surface area (Å²) in [6.45, 7) is 7.85. The second-order valence-corrected chi connectivity index (χ2v) is 6.98. The van der Waals surface area contributed by atoms with Crippen molar-refractivity contribution >= 4 is 47.2 Å². The van der Waals surface area contributed by atoms with Crippen molar-refractivity contribution in [2.45, 2.75) is 20.4 Å². The molecule has 6 nitrogen and oxygen atoms in total. The third-order valence-corrected chi connectivity index (χ3v) is 4.77. The highest BCUT2D eigenvalue weighted by atomic mass is 127. The third kappa shape index (κ3) is 6.58. The Kier molecular flexibility index (Phi) is 9.35. The van der Waals surface area contributed by atoms with Gasteiger partial charge in [0.1, 0.15) is 5.82 Å². The third-order valence-electron chi connectivity index (χ3n) is 4.77. The van der Waals surface area contributed by atoms with Crippen molar-refractivity contribution in [1.29, 1.82) is 0 Å². The average Bonchev–Trinajstić information content (AvgIpc) is 2.71. The van der Waals surface area contributed by atoms with Crippen LogP contribution in [0.15, 0.2) is 53.5 Å². The van der Waals surface area contributed by atoms with E-state index in [1.165, 1.54) is 13.0 Å². The maximum atomic E-state index is 14.1. The first kappa shape index (κ1) is 23.9. The molecule has 0 aromatic heterocycles. The maximum Gasteiger partial charge on any atom is 0.221 e. The smallest absolute Gasteiger partial charge is 0.221 e. The number of nitrogens with zero attached hydrogens (tertiary/aromatic N) is 3. The summed E-state index contributed by atoms with van der Waals surface area (Å²) in [4.78, 5) is 20.3. The molecule has 0 bridgehead atoms. The van der Waals surface area contributed by atoms with Gasteiger partial charge in [-0.3, -0.25) is 4.79 Å². The highest BCUT2D eigenvalue weighted by Crippen LogP contribution is 2.20. The Labute approximate surface area is 194 Å². The van der Waals surface area contributed by atoms with Gasteiger partial charge in [0.2, 0.25) is 5.91 Å². The fourth-order valence-corrected chi connectivity index (χ4v) is 3.41. The largest absolute Gasteiger partial charge is 0.366 e. The van der Waals surface area contributed by atoms with Gasteiger partial charge in [0, 0.05) is 45.3 Å². The minimum atomic E-state index is -0.180. The van der Waals surface area contributed by atoms with Gasteiger partial charge in [-0.05, 0) is 36.8 Å². The molecule has 3 rings (SSSR count).